The molecule has 1 unspecified atom stereocenters. The summed E-state index contributed by atoms with van der Waals surface area (Å²) in [4.78, 5) is 82.1. The molecule has 13 nitrogen and oxygen atoms in total. The fraction of sp³-hybridized carbons (Fsp3) is 0.632. The second-order valence-corrected chi connectivity index (χ2v) is 15.6. The van der Waals surface area contributed by atoms with Crippen LogP contribution in [0.25, 0.3) is 0 Å². The van der Waals surface area contributed by atoms with Crippen molar-refractivity contribution in [3.63, 3.8) is 0 Å². The number of methoxy groups -OCH3 is 1. The minimum atomic E-state index is -1.09. The Morgan fingerprint density at radius 3 is 2.04 bits per heavy atom. The van der Waals surface area contributed by atoms with Crippen LogP contribution < -0.4 is 26.0 Å². The quantitative estimate of drug-likeness (QED) is 0.114. The summed E-state index contributed by atoms with van der Waals surface area (Å²) in [5.74, 6) is -2.81. The van der Waals surface area contributed by atoms with E-state index < -0.39 is 70.5 Å². The van der Waals surface area contributed by atoms with E-state index in [-0.39, 0.29) is 38.0 Å². The van der Waals surface area contributed by atoms with Gasteiger partial charge in [-0.2, -0.15) is 0 Å². The van der Waals surface area contributed by atoms with Crippen LogP contribution in [-0.4, -0.2) is 84.8 Å². The average Bonchev–Trinajstić information content (AvgIpc) is 3.52. The van der Waals surface area contributed by atoms with Gasteiger partial charge in [0.2, 0.25) is 17.6 Å². The summed E-state index contributed by atoms with van der Waals surface area (Å²) in [6.07, 6.45) is 2.75. The number of esters is 1. The van der Waals surface area contributed by atoms with Crippen LogP contribution in [0.3, 0.4) is 0 Å². The summed E-state index contributed by atoms with van der Waals surface area (Å²) in [5, 5.41) is 10.7. The van der Waals surface area contributed by atoms with Gasteiger partial charge < -0.3 is 35.6 Å². The summed E-state index contributed by atoms with van der Waals surface area (Å²) in [7, 11) is 1.56. The number of Topliss-reactive ketones (excluding diaryl/α,β-unsaturated/α-hetero) is 1. The zero-order valence-corrected chi connectivity index (χ0v) is 32.0. The molecule has 1 saturated heterocycles. The molecule has 1 aliphatic rings. The lowest BCUT2D eigenvalue weighted by Crippen LogP contribution is -2.62. The van der Waals surface area contributed by atoms with Crippen LogP contribution in [0.1, 0.15) is 87.1 Å². The third-order valence-electron chi connectivity index (χ3n) is 9.00. The van der Waals surface area contributed by atoms with Crippen molar-refractivity contribution < 1.29 is 38.2 Å². The van der Waals surface area contributed by atoms with E-state index in [1.165, 1.54) is 11.0 Å². The van der Waals surface area contributed by atoms with Gasteiger partial charge in [-0.25, -0.2) is 9.59 Å². The predicted octanol–water partition coefficient (Wildman–Crippen LogP) is 3.90. The molecule has 5 atom stereocenters. The largest absolute Gasteiger partial charge is 0.497 e. The van der Waals surface area contributed by atoms with Gasteiger partial charge >= 0.3 is 12.0 Å². The highest BCUT2D eigenvalue weighted by molar-refractivity contribution is 6.38. The van der Waals surface area contributed by atoms with Gasteiger partial charge in [0.25, 0.3) is 5.91 Å². The third-order valence-corrected chi connectivity index (χ3v) is 9.00. The van der Waals surface area contributed by atoms with E-state index in [4.69, 9.17) is 9.47 Å². The van der Waals surface area contributed by atoms with Gasteiger partial charge in [0.1, 0.15) is 30.5 Å². The van der Waals surface area contributed by atoms with Crippen molar-refractivity contribution in [3.05, 3.63) is 42.5 Å². The molecule has 0 bridgehead atoms. The van der Waals surface area contributed by atoms with Crippen molar-refractivity contribution in [2.75, 3.05) is 20.2 Å². The van der Waals surface area contributed by atoms with Gasteiger partial charge in [-0.15, -0.1) is 6.58 Å². The first-order valence-electron chi connectivity index (χ1n) is 17.7. The molecule has 1 heterocycles. The fourth-order valence-electron chi connectivity index (χ4n) is 6.03. The lowest BCUT2D eigenvalue weighted by molar-refractivity contribution is -0.150. The van der Waals surface area contributed by atoms with Crippen LogP contribution in [-0.2, 0) is 35.3 Å². The van der Waals surface area contributed by atoms with Crippen LogP contribution in [0.5, 0.6) is 5.75 Å². The van der Waals surface area contributed by atoms with E-state index in [9.17, 15) is 28.8 Å². The van der Waals surface area contributed by atoms with Gasteiger partial charge in [-0.3, -0.25) is 19.2 Å². The fourth-order valence-corrected chi connectivity index (χ4v) is 6.03. The van der Waals surface area contributed by atoms with Gasteiger partial charge in [-0.05, 0) is 53.2 Å². The zero-order chi connectivity index (χ0) is 38.7. The molecule has 2 rings (SSSR count). The van der Waals surface area contributed by atoms with Crippen LogP contribution in [0, 0.1) is 22.7 Å². The number of carbonyl (C=O) groups excluding carboxylic acids is 6. The molecule has 0 saturated carbocycles. The monoisotopic (exact) mass is 713 g/mol. The lowest BCUT2D eigenvalue weighted by Gasteiger charge is -2.37. The smallest absolute Gasteiger partial charge is 0.329 e. The van der Waals surface area contributed by atoms with Crippen LogP contribution >= 0.6 is 0 Å². The molecule has 284 valence electrons. The van der Waals surface area contributed by atoms with Crippen molar-refractivity contribution in [2.45, 2.75) is 112 Å². The van der Waals surface area contributed by atoms with Crippen molar-refractivity contribution >= 4 is 35.5 Å². The Morgan fingerprint density at radius 1 is 0.941 bits per heavy atom. The number of rotatable bonds is 16. The highest BCUT2D eigenvalue weighted by Gasteiger charge is 2.48. The molecular weight excluding hydrogens is 654 g/mol. The van der Waals surface area contributed by atoms with Gasteiger partial charge in [0.15, 0.2) is 0 Å². The Kier molecular flexibility index (Phi) is 15.7. The summed E-state index contributed by atoms with van der Waals surface area (Å²) < 4.78 is 10.7. The molecule has 1 aliphatic heterocycles. The molecule has 1 fully saturated rings. The van der Waals surface area contributed by atoms with Gasteiger partial charge in [-0.1, -0.05) is 86.9 Å². The minimum Gasteiger partial charge on any atom is -0.497 e. The van der Waals surface area contributed by atoms with E-state index >= 15 is 0 Å². The summed E-state index contributed by atoms with van der Waals surface area (Å²) >= 11 is 0. The Hall–Kier alpha value is -4.42. The highest BCUT2D eigenvalue weighted by atomic mass is 16.5. The number of urea groups is 1. The maximum Gasteiger partial charge on any atom is 0.329 e. The number of hydrogen-bond donors (Lipinski definition) is 4. The van der Waals surface area contributed by atoms with Crippen molar-refractivity contribution in [1.29, 1.82) is 0 Å². The van der Waals surface area contributed by atoms with E-state index in [2.05, 4.69) is 27.8 Å². The molecule has 1 aromatic carbocycles. The van der Waals surface area contributed by atoms with Crippen molar-refractivity contribution in [1.82, 2.24) is 26.2 Å². The Balaban J connectivity index is 2.29. The molecule has 51 heavy (non-hydrogen) atoms. The first-order chi connectivity index (χ1) is 23.8. The molecule has 0 radical (unpaired) electrons. The number of benzene rings is 1. The SMILES string of the molecule is C=CCNC(=O)C(=O)C(CCC)NC(=O)[C@@H]1[C@@H](C(C)C)CCN1C(=O)[C@@H](NC(=O)N[C@H](C(=O)OCc1ccc(OC)cc1)C(C)(C)C)C(C)(C)C. The van der Waals surface area contributed by atoms with Crippen LogP contribution in [0.2, 0.25) is 0 Å². The van der Waals surface area contributed by atoms with E-state index in [0.29, 0.717) is 18.6 Å². The van der Waals surface area contributed by atoms with E-state index in [1.807, 2.05) is 20.8 Å². The Labute approximate surface area is 303 Å². The molecule has 1 aromatic rings. The second kappa shape index (κ2) is 18.7. The molecular formula is C38H59N5O8. The van der Waals surface area contributed by atoms with Gasteiger partial charge in [0.05, 0.1) is 13.2 Å². The number of likely N-dealkylation sites (tertiary alicyclic amines) is 1. The maximum atomic E-state index is 14.4. The number of ether oxygens (including phenoxy) is 2. The standard InChI is InChI=1S/C38H59N5O8/c1-12-14-27(29(44)33(46)39-20-13-2)40-32(45)28-26(23(3)4)19-21-43(28)34(47)30(37(5,6)7)41-36(49)42-31(38(8,9)10)35(48)51-22-24-15-17-25(50-11)18-16-24/h13,15-18,23,26-28,30-31H,2,12,14,19-22H2,1,3-11H3,(H,39,46)(H,40,45)(H2,41,42,49)/t26-,27?,28+,30-,31-/m1/s1. The van der Waals surface area contributed by atoms with Crippen LogP contribution in [0.4, 0.5) is 4.79 Å². The summed E-state index contributed by atoms with van der Waals surface area (Å²) in [6, 6.07) is 2.16. The van der Waals surface area contributed by atoms with Crippen molar-refractivity contribution in [3.8, 4) is 5.75 Å². The number of hydrogen-bond acceptors (Lipinski definition) is 8. The normalized spacial score (nSPS) is 17.8. The number of ketones is 1. The lowest BCUT2D eigenvalue weighted by atomic mass is 9.84. The zero-order valence-electron chi connectivity index (χ0n) is 32.0. The highest BCUT2D eigenvalue weighted by Crippen LogP contribution is 2.33. The van der Waals surface area contributed by atoms with E-state index in [1.54, 1.807) is 72.9 Å². The number of amides is 5. The van der Waals surface area contributed by atoms with Crippen molar-refractivity contribution in [2.24, 2.45) is 22.7 Å². The minimum absolute atomic E-state index is 0.00980. The Morgan fingerprint density at radius 2 is 1.53 bits per heavy atom. The molecule has 5 amide bonds. The molecule has 13 heteroatoms. The molecule has 0 aliphatic carbocycles. The first-order valence-corrected chi connectivity index (χ1v) is 17.7. The van der Waals surface area contributed by atoms with Gasteiger partial charge in [0, 0.05) is 13.1 Å². The Bertz CT molecular complexity index is 1400. The topological polar surface area (TPSA) is 172 Å². The molecule has 0 aromatic heterocycles. The second-order valence-electron chi connectivity index (χ2n) is 15.6. The maximum absolute atomic E-state index is 14.4. The molecule has 4 N–H and O–H groups in total. The average molecular weight is 714 g/mol. The van der Waals surface area contributed by atoms with E-state index in [0.717, 1.165) is 5.56 Å². The number of nitrogens with zero attached hydrogens (tertiary/aromatic N) is 1. The number of carbonyl (C=O) groups is 6. The number of nitrogens with one attached hydrogen (secondary N) is 4. The third kappa shape index (κ3) is 12.1. The summed E-state index contributed by atoms with van der Waals surface area (Å²) in [5.41, 5.74) is -0.806. The molecule has 0 spiro atoms. The summed E-state index contributed by atoms with van der Waals surface area (Å²) in [6.45, 7) is 20.4. The first kappa shape index (κ1) is 42.7. The predicted molar refractivity (Wildman–Crippen MR) is 194 cm³/mol. The van der Waals surface area contributed by atoms with Crippen LogP contribution in [0.15, 0.2) is 36.9 Å².